The molecule has 0 spiro atoms. The highest BCUT2D eigenvalue weighted by Crippen LogP contribution is 2.36. The predicted molar refractivity (Wildman–Crippen MR) is 116 cm³/mol. The van der Waals surface area contributed by atoms with Crippen molar-refractivity contribution in [1.29, 1.82) is 0 Å². The van der Waals surface area contributed by atoms with Gasteiger partial charge in [0, 0.05) is 18.3 Å². The molecule has 1 atom stereocenters. The predicted octanol–water partition coefficient (Wildman–Crippen LogP) is 3.90. The fourth-order valence-corrected chi connectivity index (χ4v) is 3.59. The first kappa shape index (κ1) is 25.1. The van der Waals surface area contributed by atoms with Gasteiger partial charge in [-0.25, -0.2) is 28.1 Å². The second-order valence-electron chi connectivity index (χ2n) is 7.66. The summed E-state index contributed by atoms with van der Waals surface area (Å²) in [6, 6.07) is 4.19. The number of anilines is 1. The molecule has 0 aliphatic carbocycles. The van der Waals surface area contributed by atoms with Crippen LogP contribution in [0, 0.1) is 12.7 Å². The van der Waals surface area contributed by atoms with Gasteiger partial charge in [-0.05, 0) is 19.1 Å². The third-order valence-corrected chi connectivity index (χ3v) is 5.19. The number of methoxy groups -OCH3 is 2. The molecule has 1 aliphatic rings. The minimum Gasteiger partial charge on any atom is -0.482 e. The molecule has 4 rings (SSSR count). The fourth-order valence-electron chi connectivity index (χ4n) is 3.59. The number of hydrogen-bond donors (Lipinski definition) is 0. The number of hydrogen-bond acceptors (Lipinski definition) is 9. The van der Waals surface area contributed by atoms with Crippen molar-refractivity contribution in [3.63, 3.8) is 0 Å². The lowest BCUT2D eigenvalue weighted by atomic mass is 10.2. The second-order valence-corrected chi connectivity index (χ2v) is 7.66. The number of nitrogens with zero attached hydrogens (tertiary/aromatic N) is 5. The number of aryl methyl sites for hydroxylation is 1. The van der Waals surface area contributed by atoms with Crippen molar-refractivity contribution in [2.24, 2.45) is 0 Å². The quantitative estimate of drug-likeness (QED) is 0.416. The molecule has 3 heterocycles. The van der Waals surface area contributed by atoms with E-state index in [-0.39, 0.29) is 30.0 Å². The number of aromatic nitrogens is 4. The number of benzene rings is 1. The van der Waals surface area contributed by atoms with Crippen LogP contribution >= 0.6 is 0 Å². The molecular weight excluding hydrogens is 493 g/mol. The number of rotatable bonds is 8. The Morgan fingerprint density at radius 3 is 2.56 bits per heavy atom. The Hall–Kier alpha value is -3.97. The number of alkyl halides is 4. The van der Waals surface area contributed by atoms with Gasteiger partial charge in [0.15, 0.2) is 17.7 Å². The maximum Gasteiger partial charge on any atom is 0.387 e. The highest BCUT2D eigenvalue weighted by molar-refractivity contribution is 5.67. The summed E-state index contributed by atoms with van der Waals surface area (Å²) in [6.07, 6.45) is -0.256. The Morgan fingerprint density at radius 2 is 1.86 bits per heavy atom. The molecule has 36 heavy (non-hydrogen) atoms. The fraction of sp³-hybridized carbons (Fsp3) is 0.364. The molecule has 0 amide bonds. The van der Waals surface area contributed by atoms with Gasteiger partial charge in [0.2, 0.25) is 5.88 Å². The zero-order valence-electron chi connectivity index (χ0n) is 19.2. The number of halogens is 5. The summed E-state index contributed by atoms with van der Waals surface area (Å²) in [5, 5.41) is 0. The van der Waals surface area contributed by atoms with E-state index < -0.39 is 36.7 Å². The van der Waals surface area contributed by atoms with E-state index in [1.165, 1.54) is 31.4 Å². The molecule has 1 aromatic carbocycles. The molecule has 1 aliphatic heterocycles. The normalized spacial score (nSPS) is 16.8. The van der Waals surface area contributed by atoms with Gasteiger partial charge in [0.05, 0.1) is 38.6 Å². The van der Waals surface area contributed by atoms with Crippen molar-refractivity contribution in [3.8, 4) is 34.6 Å². The second kappa shape index (κ2) is 9.95. The van der Waals surface area contributed by atoms with Gasteiger partial charge >= 0.3 is 18.5 Å². The van der Waals surface area contributed by atoms with Gasteiger partial charge in [-0.3, -0.25) is 0 Å². The van der Waals surface area contributed by atoms with Crippen LogP contribution < -0.4 is 23.8 Å². The molecule has 0 bridgehead atoms. The summed E-state index contributed by atoms with van der Waals surface area (Å²) < 4.78 is 88.0. The SMILES string of the molecule is COc1ncc(-c2cc(N3C[C@H](Oc4ccc(F)c(OC(F)F)c4)C(F)(F)C3)nc(C)n2)c(OC)n1. The van der Waals surface area contributed by atoms with Gasteiger partial charge in [-0.1, -0.05) is 0 Å². The molecule has 0 saturated carbocycles. The summed E-state index contributed by atoms with van der Waals surface area (Å²) in [5.41, 5.74) is 0.721. The highest BCUT2D eigenvalue weighted by Gasteiger charge is 2.50. The van der Waals surface area contributed by atoms with Crippen LogP contribution in [0.5, 0.6) is 23.4 Å². The molecule has 0 radical (unpaired) electrons. The van der Waals surface area contributed by atoms with Crippen molar-refractivity contribution in [2.75, 3.05) is 32.2 Å². The average molecular weight is 513 g/mol. The molecule has 3 aromatic rings. The molecule has 0 N–H and O–H groups in total. The van der Waals surface area contributed by atoms with Crippen LogP contribution in [0.15, 0.2) is 30.5 Å². The van der Waals surface area contributed by atoms with Crippen LogP contribution in [-0.2, 0) is 0 Å². The van der Waals surface area contributed by atoms with Crippen LogP contribution in [0.25, 0.3) is 11.3 Å². The van der Waals surface area contributed by atoms with Crippen molar-refractivity contribution in [2.45, 2.75) is 25.6 Å². The molecule has 9 nitrogen and oxygen atoms in total. The van der Waals surface area contributed by atoms with Crippen LogP contribution in [0.2, 0.25) is 0 Å². The first-order valence-corrected chi connectivity index (χ1v) is 10.4. The smallest absolute Gasteiger partial charge is 0.387 e. The van der Waals surface area contributed by atoms with E-state index >= 15 is 0 Å². The third-order valence-electron chi connectivity index (χ3n) is 5.19. The maximum atomic E-state index is 14.9. The van der Waals surface area contributed by atoms with Crippen LogP contribution in [-0.4, -0.2) is 65.9 Å². The first-order chi connectivity index (χ1) is 17.1. The Morgan fingerprint density at radius 1 is 1.08 bits per heavy atom. The van der Waals surface area contributed by atoms with Crippen molar-refractivity contribution in [1.82, 2.24) is 19.9 Å². The van der Waals surface area contributed by atoms with E-state index in [1.807, 2.05) is 0 Å². The zero-order chi connectivity index (χ0) is 26.0. The Bertz CT molecular complexity index is 1250. The maximum absolute atomic E-state index is 14.9. The Balaban J connectivity index is 1.59. The molecule has 192 valence electrons. The summed E-state index contributed by atoms with van der Waals surface area (Å²) in [7, 11) is 2.79. The van der Waals surface area contributed by atoms with Gasteiger partial charge in [-0.15, -0.1) is 0 Å². The highest BCUT2D eigenvalue weighted by atomic mass is 19.3. The van der Waals surface area contributed by atoms with E-state index in [1.54, 1.807) is 6.92 Å². The molecule has 1 fully saturated rings. The Kier molecular flexibility index (Phi) is 6.95. The first-order valence-electron chi connectivity index (χ1n) is 10.4. The van der Waals surface area contributed by atoms with E-state index in [0.717, 1.165) is 18.2 Å². The van der Waals surface area contributed by atoms with Crippen LogP contribution in [0.1, 0.15) is 5.82 Å². The third kappa shape index (κ3) is 5.31. The summed E-state index contributed by atoms with van der Waals surface area (Å²) >= 11 is 0. The standard InChI is InChI=1S/C22H20F5N5O4/c1-11-29-15(13-8-28-21(34-3)31-19(13)33-2)7-18(30-11)32-9-17(22(26,27)10-32)35-12-4-5-14(23)16(6-12)36-20(24)25/h4-8,17,20H,9-10H2,1-3H3/t17-/m0/s1. The topological polar surface area (TPSA) is 91.7 Å². The molecule has 0 unspecified atom stereocenters. The minimum absolute atomic E-state index is 0.0728. The zero-order valence-corrected chi connectivity index (χ0v) is 19.2. The van der Waals surface area contributed by atoms with Crippen molar-refractivity contribution in [3.05, 3.63) is 42.1 Å². The van der Waals surface area contributed by atoms with E-state index in [0.29, 0.717) is 17.1 Å². The summed E-state index contributed by atoms with van der Waals surface area (Å²) in [6.45, 7) is -2.75. The van der Waals surface area contributed by atoms with Gasteiger partial charge in [-0.2, -0.15) is 13.8 Å². The monoisotopic (exact) mass is 513 g/mol. The molecular formula is C22H20F5N5O4. The van der Waals surface area contributed by atoms with E-state index in [2.05, 4.69) is 24.7 Å². The number of ether oxygens (including phenoxy) is 4. The molecule has 14 heteroatoms. The van der Waals surface area contributed by atoms with Gasteiger partial charge in [0.1, 0.15) is 17.4 Å². The Labute approximate surface area is 201 Å². The minimum atomic E-state index is -3.35. The van der Waals surface area contributed by atoms with Crippen molar-refractivity contribution >= 4 is 5.82 Å². The van der Waals surface area contributed by atoms with Gasteiger partial charge in [0.25, 0.3) is 0 Å². The molecule has 2 aromatic heterocycles. The summed E-state index contributed by atoms with van der Waals surface area (Å²) in [4.78, 5) is 18.0. The average Bonchev–Trinajstić information content (AvgIpc) is 3.13. The van der Waals surface area contributed by atoms with E-state index in [4.69, 9.17) is 14.2 Å². The lowest BCUT2D eigenvalue weighted by Crippen LogP contribution is -2.36. The van der Waals surface area contributed by atoms with Crippen LogP contribution in [0.4, 0.5) is 27.8 Å². The van der Waals surface area contributed by atoms with Crippen LogP contribution in [0.3, 0.4) is 0 Å². The summed E-state index contributed by atoms with van der Waals surface area (Å²) in [5.74, 6) is -4.85. The van der Waals surface area contributed by atoms with E-state index in [9.17, 15) is 22.0 Å². The van der Waals surface area contributed by atoms with Gasteiger partial charge < -0.3 is 23.8 Å². The molecule has 1 saturated heterocycles. The lowest BCUT2D eigenvalue weighted by molar-refractivity contribution is -0.0612. The van der Waals surface area contributed by atoms with Crippen molar-refractivity contribution < 1.29 is 40.9 Å². The largest absolute Gasteiger partial charge is 0.482 e. The lowest BCUT2D eigenvalue weighted by Gasteiger charge is -2.19.